The summed E-state index contributed by atoms with van der Waals surface area (Å²) in [5.74, 6) is -0.517. The number of amides is 1. The van der Waals surface area contributed by atoms with Gasteiger partial charge >= 0.3 is 5.57 Å². The van der Waals surface area contributed by atoms with Gasteiger partial charge in [0.15, 0.2) is 11.4 Å². The maximum Gasteiger partial charge on any atom is 0.487 e. The first-order valence-corrected chi connectivity index (χ1v) is 13.8. The number of aromatic nitrogens is 2. The Morgan fingerprint density at radius 3 is 2.66 bits per heavy atom. The highest BCUT2D eigenvalue weighted by atomic mass is 79.9. The van der Waals surface area contributed by atoms with Crippen molar-refractivity contribution in [2.45, 2.75) is 29.7 Å². The summed E-state index contributed by atoms with van der Waals surface area (Å²) in [6.07, 6.45) is 1.34. The number of nitrogens with one attached hydrogen (secondary N) is 1. The van der Waals surface area contributed by atoms with Gasteiger partial charge in [0.2, 0.25) is 0 Å². The van der Waals surface area contributed by atoms with Gasteiger partial charge in [-0.1, -0.05) is 42.1 Å². The lowest BCUT2D eigenvalue weighted by molar-refractivity contribution is -0.0964. The highest BCUT2D eigenvalue weighted by Crippen LogP contribution is 2.33. The van der Waals surface area contributed by atoms with Gasteiger partial charge in [0.05, 0.1) is 24.2 Å². The van der Waals surface area contributed by atoms with E-state index in [1.54, 1.807) is 12.1 Å². The Hall–Kier alpha value is -2.70. The molecular weight excluding hydrogens is 604 g/mol. The number of carbonyl (C=O) groups is 1. The molecule has 3 aromatic carbocycles. The predicted octanol–water partition coefficient (Wildman–Crippen LogP) is 7.06. The summed E-state index contributed by atoms with van der Waals surface area (Å²) in [5.41, 5.74) is -0.600. The number of carbonyl (C=O) groups excluding carboxylic acids is 1. The number of anilines is 1. The van der Waals surface area contributed by atoms with E-state index in [0.29, 0.717) is 34.4 Å². The van der Waals surface area contributed by atoms with Crippen molar-refractivity contribution in [2.75, 3.05) is 18.2 Å². The summed E-state index contributed by atoms with van der Waals surface area (Å²) in [4.78, 5) is 17.7. The molecule has 0 aliphatic carbocycles. The van der Waals surface area contributed by atoms with Gasteiger partial charge in [-0.05, 0) is 58.6 Å². The number of ether oxygens (including phenoxy) is 3. The van der Waals surface area contributed by atoms with E-state index in [-0.39, 0.29) is 17.8 Å². The highest BCUT2D eigenvalue weighted by Gasteiger charge is 2.29. The van der Waals surface area contributed by atoms with Crippen molar-refractivity contribution in [1.29, 1.82) is 0 Å². The number of hydrogen-bond acceptors (Lipinski definition) is 6. The van der Waals surface area contributed by atoms with Crippen molar-refractivity contribution in [1.82, 2.24) is 9.55 Å². The minimum absolute atomic E-state index is 0.131. The van der Waals surface area contributed by atoms with Gasteiger partial charge in [-0.25, -0.2) is 4.98 Å². The number of imidazole rings is 1. The third-order valence-corrected chi connectivity index (χ3v) is 7.12. The number of fused-ring (bicyclic) bond motifs is 1. The number of thioether (sulfide) groups is 1. The number of alkyl halides is 3. The molecule has 1 aliphatic heterocycles. The Kier molecular flexibility index (Phi) is 7.92. The zero-order valence-corrected chi connectivity index (χ0v) is 23.0. The van der Waals surface area contributed by atoms with Crippen molar-refractivity contribution < 1.29 is 27.8 Å². The molecule has 5 rings (SSSR count). The van der Waals surface area contributed by atoms with E-state index in [0.717, 1.165) is 16.2 Å². The van der Waals surface area contributed by atoms with Crippen LogP contribution >= 0.6 is 39.3 Å². The maximum atomic E-state index is 13.0. The molecule has 7 nitrogen and oxygen atoms in total. The van der Waals surface area contributed by atoms with Crippen molar-refractivity contribution in [3.8, 4) is 5.75 Å². The van der Waals surface area contributed by atoms with Crippen molar-refractivity contribution in [2.24, 2.45) is 0 Å². The topological polar surface area (TPSA) is 74.6 Å². The lowest BCUT2D eigenvalue weighted by atomic mass is 10.1. The molecule has 1 N–H and O–H groups in total. The van der Waals surface area contributed by atoms with Crippen LogP contribution < -0.4 is 10.1 Å². The maximum absolute atomic E-state index is 13.0. The number of hydrogen-bond donors (Lipinski definition) is 1. The predicted molar refractivity (Wildman–Crippen MR) is 145 cm³/mol. The summed E-state index contributed by atoms with van der Waals surface area (Å²) in [7, 11) is 0. The van der Waals surface area contributed by atoms with Crippen LogP contribution in [0.25, 0.3) is 11.0 Å². The normalized spacial score (nSPS) is 17.6. The second kappa shape index (κ2) is 11.2. The van der Waals surface area contributed by atoms with Crippen LogP contribution in [0.2, 0.25) is 0 Å². The molecular formula is C26H21BrClF2N3O4S. The Bertz CT molecular complexity index is 1450. The Morgan fingerprint density at radius 1 is 1.24 bits per heavy atom. The van der Waals surface area contributed by atoms with E-state index >= 15 is 0 Å². The standard InChI is InChI=1S/C26H21BrClF2N3O4S/c1-38-25-32-21-12-16(23(34)31-17-7-9-18(10-8-17)37-26(28,29)30)11-20(27)22(21)33(25)13-19-14-35-24(36-19)15-5-3-2-4-6-15/h2-12,19,24H,13-14H2,1H3,(H,31,34)/t19-,24?/m0/s1. The third-order valence-electron chi connectivity index (χ3n) is 5.76. The van der Waals surface area contributed by atoms with Gasteiger partial charge in [0, 0.05) is 32.9 Å². The molecule has 38 heavy (non-hydrogen) atoms. The van der Waals surface area contributed by atoms with E-state index < -0.39 is 11.9 Å². The zero-order chi connectivity index (χ0) is 26.9. The summed E-state index contributed by atoms with van der Waals surface area (Å²) in [6, 6.07) is 18.6. The average molecular weight is 625 g/mol. The van der Waals surface area contributed by atoms with Gasteiger partial charge in [0.1, 0.15) is 11.9 Å². The molecule has 2 heterocycles. The molecule has 0 saturated carbocycles. The number of benzene rings is 3. The molecule has 198 valence electrons. The van der Waals surface area contributed by atoms with Gasteiger partial charge < -0.3 is 24.1 Å². The molecule has 1 aromatic heterocycles. The lowest BCUT2D eigenvalue weighted by Gasteiger charge is -2.15. The van der Waals surface area contributed by atoms with Crippen molar-refractivity contribution in [3.63, 3.8) is 0 Å². The summed E-state index contributed by atoms with van der Waals surface area (Å²) < 4.78 is 44.7. The van der Waals surface area contributed by atoms with Crippen LogP contribution in [0, 0.1) is 0 Å². The van der Waals surface area contributed by atoms with E-state index in [9.17, 15) is 13.6 Å². The second-order valence-corrected chi connectivity index (χ2v) is 10.5. The number of halogens is 4. The van der Waals surface area contributed by atoms with Crippen molar-refractivity contribution in [3.05, 3.63) is 82.3 Å². The second-order valence-electron chi connectivity index (χ2n) is 8.40. The smallest absolute Gasteiger partial charge is 0.420 e. The Balaban J connectivity index is 1.33. The van der Waals surface area contributed by atoms with Crippen LogP contribution in [-0.2, 0) is 16.0 Å². The van der Waals surface area contributed by atoms with Crippen LogP contribution in [0.15, 0.2) is 76.4 Å². The molecule has 1 amide bonds. The Labute approximate surface area is 234 Å². The van der Waals surface area contributed by atoms with Gasteiger partial charge in [-0.15, -0.1) is 8.78 Å². The number of rotatable bonds is 8. The fraction of sp³-hybridized carbons (Fsp3) is 0.231. The van der Waals surface area contributed by atoms with Crippen LogP contribution in [0.1, 0.15) is 22.2 Å². The first-order chi connectivity index (χ1) is 18.2. The molecule has 1 fully saturated rings. The molecule has 1 saturated heterocycles. The zero-order valence-electron chi connectivity index (χ0n) is 19.9. The lowest BCUT2D eigenvalue weighted by Crippen LogP contribution is -2.19. The minimum Gasteiger partial charge on any atom is -0.420 e. The molecule has 1 unspecified atom stereocenters. The first kappa shape index (κ1) is 26.9. The SMILES string of the molecule is CSc1nc2cc(C(=O)Nc3ccc(OC(F)(F)Cl)cc3)cc(Br)c2n1C[C@H]1COC(c2ccccc2)O1. The third kappa shape index (κ3) is 6.13. The Morgan fingerprint density at radius 2 is 1.97 bits per heavy atom. The summed E-state index contributed by atoms with van der Waals surface area (Å²) >= 11 is 9.88. The summed E-state index contributed by atoms with van der Waals surface area (Å²) in [6.45, 7) is 0.966. The van der Waals surface area contributed by atoms with Crippen LogP contribution in [-0.4, -0.2) is 40.0 Å². The van der Waals surface area contributed by atoms with E-state index in [4.69, 9.17) is 26.1 Å². The van der Waals surface area contributed by atoms with Gasteiger partial charge in [0.25, 0.3) is 5.91 Å². The van der Waals surface area contributed by atoms with Crippen LogP contribution in [0.3, 0.4) is 0 Å². The first-order valence-electron chi connectivity index (χ1n) is 11.4. The molecule has 12 heteroatoms. The highest BCUT2D eigenvalue weighted by molar-refractivity contribution is 9.10. The largest absolute Gasteiger partial charge is 0.487 e. The quantitative estimate of drug-likeness (QED) is 0.167. The van der Waals surface area contributed by atoms with E-state index in [2.05, 4.69) is 30.6 Å². The monoisotopic (exact) mass is 623 g/mol. The van der Waals surface area contributed by atoms with Crippen LogP contribution in [0.5, 0.6) is 5.75 Å². The molecule has 0 radical (unpaired) electrons. The molecule has 0 bridgehead atoms. The summed E-state index contributed by atoms with van der Waals surface area (Å²) in [5, 5.41) is 3.52. The fourth-order valence-electron chi connectivity index (χ4n) is 4.13. The molecule has 4 aromatic rings. The molecule has 0 spiro atoms. The van der Waals surface area contributed by atoms with Gasteiger partial charge in [-0.3, -0.25) is 4.79 Å². The fourth-order valence-corrected chi connectivity index (χ4v) is 5.46. The van der Waals surface area contributed by atoms with E-state index in [1.807, 2.05) is 36.6 Å². The van der Waals surface area contributed by atoms with Crippen molar-refractivity contribution >= 4 is 61.9 Å². The van der Waals surface area contributed by atoms with Crippen LogP contribution in [0.4, 0.5) is 14.5 Å². The van der Waals surface area contributed by atoms with Gasteiger partial charge in [-0.2, -0.15) is 0 Å². The molecule has 2 atom stereocenters. The average Bonchev–Trinajstić information content (AvgIpc) is 3.50. The van der Waals surface area contributed by atoms with E-state index in [1.165, 1.54) is 36.0 Å². The minimum atomic E-state index is -3.81. The number of nitrogens with zero attached hydrogens (tertiary/aromatic N) is 2. The molecule has 1 aliphatic rings.